The summed E-state index contributed by atoms with van der Waals surface area (Å²) in [7, 11) is -4.29. The highest BCUT2D eigenvalue weighted by Gasteiger charge is 2.29. The Morgan fingerprint density at radius 3 is 2.35 bits per heavy atom. The molecule has 5 nitrogen and oxygen atoms in total. The number of hydrogen-bond donors (Lipinski definition) is 2. The van der Waals surface area contributed by atoms with Gasteiger partial charge in [-0.25, -0.2) is 0 Å². The van der Waals surface area contributed by atoms with E-state index >= 15 is 0 Å². The van der Waals surface area contributed by atoms with Crippen LogP contribution in [0.15, 0.2) is 34.9 Å². The lowest BCUT2D eigenvalue weighted by Crippen LogP contribution is -2.41. The van der Waals surface area contributed by atoms with Crippen molar-refractivity contribution in [2.24, 2.45) is 0 Å². The molecule has 6 heteroatoms. The van der Waals surface area contributed by atoms with E-state index in [1.165, 1.54) is 6.08 Å². The summed E-state index contributed by atoms with van der Waals surface area (Å²) in [6.45, 7) is 8.87. The maximum atomic E-state index is 12.1. The molecule has 1 aliphatic carbocycles. The smallest absolute Gasteiger partial charge is 0.275 e. The van der Waals surface area contributed by atoms with Crippen molar-refractivity contribution < 1.29 is 17.8 Å². The van der Waals surface area contributed by atoms with Crippen molar-refractivity contribution in [3.8, 4) is 0 Å². The molecule has 0 radical (unpaired) electrons. The van der Waals surface area contributed by atoms with Crippen molar-refractivity contribution in [2.75, 3.05) is 0 Å². The first kappa shape index (κ1) is 16.7. The van der Waals surface area contributed by atoms with E-state index in [0.29, 0.717) is 5.57 Å². The van der Waals surface area contributed by atoms with Crippen molar-refractivity contribution in [3.05, 3.63) is 34.9 Å². The van der Waals surface area contributed by atoms with E-state index in [2.05, 4.69) is 5.32 Å². The lowest BCUT2D eigenvalue weighted by molar-refractivity contribution is -0.118. The van der Waals surface area contributed by atoms with Crippen molar-refractivity contribution in [2.45, 2.75) is 45.4 Å². The summed E-state index contributed by atoms with van der Waals surface area (Å²) in [5, 5.41) is 1.58. The molecule has 0 saturated heterocycles. The third kappa shape index (κ3) is 4.31. The van der Waals surface area contributed by atoms with Crippen LogP contribution in [-0.4, -0.2) is 29.7 Å². The first-order valence-corrected chi connectivity index (χ1v) is 7.78. The molecule has 0 bridgehead atoms. The zero-order chi connectivity index (χ0) is 15.7. The van der Waals surface area contributed by atoms with Crippen LogP contribution < -0.4 is 5.32 Å². The Morgan fingerprint density at radius 1 is 1.35 bits per heavy atom. The van der Waals surface area contributed by atoms with E-state index in [1.54, 1.807) is 26.0 Å². The van der Waals surface area contributed by atoms with Crippen molar-refractivity contribution >= 4 is 16.0 Å². The third-order valence-corrected chi connectivity index (χ3v) is 3.86. The fraction of sp³-hybridized carbons (Fsp3) is 0.500. The zero-order valence-electron chi connectivity index (χ0n) is 12.4. The van der Waals surface area contributed by atoms with Crippen LogP contribution in [0.1, 0.15) is 34.6 Å². The molecule has 2 N–H and O–H groups in total. The van der Waals surface area contributed by atoms with Crippen LogP contribution in [0.3, 0.4) is 0 Å². The van der Waals surface area contributed by atoms with Crippen LogP contribution in [0.4, 0.5) is 0 Å². The minimum absolute atomic E-state index is 0.284. The molecule has 0 spiro atoms. The Hall–Kier alpha value is -1.40. The number of carbonyl (C=O) groups is 1. The third-order valence-electron chi connectivity index (χ3n) is 2.81. The van der Waals surface area contributed by atoms with E-state index < -0.39 is 20.9 Å². The average molecular weight is 299 g/mol. The molecule has 1 amide bonds. The predicted molar refractivity (Wildman–Crippen MR) is 78.8 cm³/mol. The molecule has 1 atom stereocenters. The number of hydrogen-bond acceptors (Lipinski definition) is 3. The molecule has 1 rings (SSSR count). The van der Waals surface area contributed by atoms with Gasteiger partial charge in [-0.3, -0.25) is 9.35 Å². The molecule has 112 valence electrons. The summed E-state index contributed by atoms with van der Waals surface area (Å²) in [4.78, 5) is 12.1. The lowest BCUT2D eigenvalue weighted by Gasteiger charge is -2.23. The molecule has 20 heavy (non-hydrogen) atoms. The molecule has 0 aliphatic heterocycles. The molecule has 0 aromatic carbocycles. The van der Waals surface area contributed by atoms with Gasteiger partial charge in [0.1, 0.15) is 5.25 Å². The molecule has 0 unspecified atom stereocenters. The highest BCUT2D eigenvalue weighted by atomic mass is 32.2. The van der Waals surface area contributed by atoms with Crippen LogP contribution in [0.5, 0.6) is 0 Å². The van der Waals surface area contributed by atoms with Gasteiger partial charge in [-0.2, -0.15) is 8.42 Å². The second-order valence-electron chi connectivity index (χ2n) is 5.97. The summed E-state index contributed by atoms with van der Waals surface area (Å²) in [6.07, 6.45) is 4.60. The van der Waals surface area contributed by atoms with Crippen molar-refractivity contribution in [1.82, 2.24) is 5.32 Å². The van der Waals surface area contributed by atoms with Gasteiger partial charge >= 0.3 is 0 Å². The maximum absolute atomic E-state index is 12.1. The van der Waals surface area contributed by atoms with Gasteiger partial charge in [0.15, 0.2) is 0 Å². The first-order valence-electron chi connectivity index (χ1n) is 6.28. The molecule has 0 heterocycles. The molecule has 0 aromatic heterocycles. The summed E-state index contributed by atoms with van der Waals surface area (Å²) < 4.78 is 32.1. The standard InChI is InChI=1S/C14H21NO4S/c1-9-6-7-12(20(17,18)19)11(8-9)10(2)13(16)15-14(3,4)5/h6-8,12H,1-5H3,(H,15,16)(H,17,18,19)/t12-/m1/s1. The van der Waals surface area contributed by atoms with Gasteiger partial charge in [-0.1, -0.05) is 23.8 Å². The average Bonchev–Trinajstić information content (AvgIpc) is 2.23. The topological polar surface area (TPSA) is 83.5 Å². The van der Waals surface area contributed by atoms with Gasteiger partial charge in [-0.15, -0.1) is 0 Å². The minimum Gasteiger partial charge on any atom is -0.348 e. The number of allylic oxidation sites excluding steroid dienone is 3. The summed E-state index contributed by atoms with van der Waals surface area (Å²) in [5.41, 5.74) is 0.985. The second-order valence-corrected chi connectivity index (χ2v) is 7.51. The monoisotopic (exact) mass is 299 g/mol. The molecular formula is C14H21NO4S. The van der Waals surface area contributed by atoms with Gasteiger partial charge in [-0.05, 0) is 40.2 Å². The summed E-state index contributed by atoms with van der Waals surface area (Å²) in [5.74, 6) is -0.347. The van der Waals surface area contributed by atoms with Crippen LogP contribution in [0.2, 0.25) is 0 Å². The quantitative estimate of drug-likeness (QED) is 0.603. The van der Waals surface area contributed by atoms with E-state index in [9.17, 15) is 17.8 Å². The zero-order valence-corrected chi connectivity index (χ0v) is 13.2. The number of rotatable bonds is 2. The Balaban J connectivity index is 3.26. The van der Waals surface area contributed by atoms with E-state index in [1.807, 2.05) is 20.8 Å². The van der Waals surface area contributed by atoms with Gasteiger partial charge in [0, 0.05) is 11.1 Å². The molecular weight excluding hydrogens is 278 g/mol. The number of amides is 1. The van der Waals surface area contributed by atoms with E-state index in [4.69, 9.17) is 0 Å². The van der Waals surface area contributed by atoms with Gasteiger partial charge < -0.3 is 5.32 Å². The SMILES string of the molecule is CC1=CC(=C(C)C(=O)NC(C)(C)C)[C@H](S(=O)(=O)O)C=C1. The van der Waals surface area contributed by atoms with Crippen LogP contribution in [0.25, 0.3) is 0 Å². The van der Waals surface area contributed by atoms with Crippen LogP contribution >= 0.6 is 0 Å². The predicted octanol–water partition coefficient (Wildman–Crippen LogP) is 1.99. The van der Waals surface area contributed by atoms with Crippen LogP contribution in [-0.2, 0) is 14.9 Å². The second kappa shape index (κ2) is 5.54. The lowest BCUT2D eigenvalue weighted by atomic mass is 9.97. The number of carbonyl (C=O) groups excluding carboxylic acids is 1. The molecule has 0 saturated carbocycles. The fourth-order valence-electron chi connectivity index (χ4n) is 1.87. The maximum Gasteiger partial charge on any atom is 0.275 e. The van der Waals surface area contributed by atoms with Crippen molar-refractivity contribution in [1.29, 1.82) is 0 Å². The summed E-state index contributed by atoms with van der Waals surface area (Å²) in [6, 6.07) is 0. The van der Waals surface area contributed by atoms with Gasteiger partial charge in [0.05, 0.1) is 0 Å². The molecule has 0 fully saturated rings. The summed E-state index contributed by atoms with van der Waals surface area (Å²) >= 11 is 0. The van der Waals surface area contributed by atoms with Gasteiger partial charge in [0.25, 0.3) is 10.1 Å². The Bertz CT molecular complexity index is 604. The van der Waals surface area contributed by atoms with E-state index in [-0.39, 0.29) is 11.5 Å². The van der Waals surface area contributed by atoms with Gasteiger partial charge in [0.2, 0.25) is 5.91 Å². The van der Waals surface area contributed by atoms with Crippen LogP contribution in [0, 0.1) is 0 Å². The van der Waals surface area contributed by atoms with E-state index in [0.717, 1.165) is 5.57 Å². The normalized spacial score (nSPS) is 22.3. The Morgan fingerprint density at radius 2 is 1.90 bits per heavy atom. The van der Waals surface area contributed by atoms with Crippen molar-refractivity contribution in [3.63, 3.8) is 0 Å². The fourth-order valence-corrected chi connectivity index (χ4v) is 2.71. The Kier molecular flexibility index (Phi) is 4.61. The Labute approximate surface area is 120 Å². The highest BCUT2D eigenvalue weighted by molar-refractivity contribution is 7.86. The molecule has 1 aliphatic rings. The minimum atomic E-state index is -4.29. The number of nitrogens with one attached hydrogen (secondary N) is 1. The molecule has 0 aromatic rings. The first-order chi connectivity index (χ1) is 8.92. The highest BCUT2D eigenvalue weighted by Crippen LogP contribution is 2.25. The largest absolute Gasteiger partial charge is 0.348 e.